The van der Waals surface area contributed by atoms with Gasteiger partial charge in [0.15, 0.2) is 5.96 Å². The third kappa shape index (κ3) is 6.67. The van der Waals surface area contributed by atoms with Crippen LogP contribution in [0.3, 0.4) is 0 Å². The lowest BCUT2D eigenvalue weighted by atomic mass is 10.1. The molecule has 1 aromatic carbocycles. The monoisotopic (exact) mass is 387 g/mol. The number of piperazine rings is 1. The van der Waals surface area contributed by atoms with Crippen molar-refractivity contribution in [1.29, 1.82) is 0 Å². The number of nitrogens with one attached hydrogen (secondary N) is 1. The second-order valence-corrected chi connectivity index (χ2v) is 7.94. The summed E-state index contributed by atoms with van der Waals surface area (Å²) < 4.78 is 6.10. The Balaban J connectivity index is 1.29. The number of unbranched alkanes of at least 4 members (excludes halogenated alkanes) is 1. The quantitative estimate of drug-likeness (QED) is 0.441. The van der Waals surface area contributed by atoms with Crippen molar-refractivity contribution in [2.45, 2.75) is 31.8 Å². The number of ether oxygens (including phenoxy) is 1. The fourth-order valence-electron chi connectivity index (χ4n) is 3.94. The van der Waals surface area contributed by atoms with Crippen LogP contribution in [-0.2, 0) is 0 Å². The summed E-state index contributed by atoms with van der Waals surface area (Å²) in [6, 6.07) is 10.2. The highest BCUT2D eigenvalue weighted by atomic mass is 16.5. The molecule has 3 rings (SSSR count). The van der Waals surface area contributed by atoms with E-state index in [9.17, 15) is 0 Å². The molecule has 0 unspecified atom stereocenters. The van der Waals surface area contributed by atoms with Crippen LogP contribution in [0.4, 0.5) is 0 Å². The molecule has 0 spiro atoms. The van der Waals surface area contributed by atoms with Crippen molar-refractivity contribution < 1.29 is 4.74 Å². The first-order chi connectivity index (χ1) is 13.7. The van der Waals surface area contributed by atoms with Crippen LogP contribution in [0.15, 0.2) is 35.3 Å². The third-order valence-electron chi connectivity index (χ3n) is 5.78. The SMILES string of the molecule is CN=C(NCCCCN1CCN(C)CC1)N1CCC(Oc2ccccc2)CC1. The first kappa shape index (κ1) is 20.9. The first-order valence-electron chi connectivity index (χ1n) is 10.8. The second kappa shape index (κ2) is 11.3. The highest BCUT2D eigenvalue weighted by Crippen LogP contribution is 2.18. The molecule has 6 nitrogen and oxygen atoms in total. The van der Waals surface area contributed by atoms with Crippen molar-refractivity contribution >= 4 is 5.96 Å². The predicted molar refractivity (Wildman–Crippen MR) is 116 cm³/mol. The van der Waals surface area contributed by atoms with E-state index in [1.54, 1.807) is 0 Å². The molecule has 2 saturated heterocycles. The number of likely N-dealkylation sites (tertiary alicyclic amines) is 1. The standard InChI is InChI=1S/C22H37N5O/c1-23-22(24-12-6-7-13-26-18-16-25(2)17-19-26)27-14-10-21(11-15-27)28-20-8-4-3-5-9-20/h3-5,8-9,21H,6-7,10-19H2,1-2H3,(H,23,24). The average Bonchev–Trinajstić information content (AvgIpc) is 2.74. The van der Waals surface area contributed by atoms with Gasteiger partial charge < -0.3 is 24.8 Å². The summed E-state index contributed by atoms with van der Waals surface area (Å²) in [6.45, 7) is 9.05. The summed E-state index contributed by atoms with van der Waals surface area (Å²) in [6.07, 6.45) is 4.83. The summed E-state index contributed by atoms with van der Waals surface area (Å²) >= 11 is 0. The van der Waals surface area contributed by atoms with E-state index in [2.05, 4.69) is 32.1 Å². The van der Waals surface area contributed by atoms with Gasteiger partial charge in [-0.3, -0.25) is 4.99 Å². The zero-order valence-electron chi connectivity index (χ0n) is 17.6. The summed E-state index contributed by atoms with van der Waals surface area (Å²) in [5, 5.41) is 3.56. The molecule has 2 fully saturated rings. The van der Waals surface area contributed by atoms with Gasteiger partial charge in [0.05, 0.1) is 0 Å². The molecule has 0 amide bonds. The van der Waals surface area contributed by atoms with E-state index in [1.165, 1.54) is 45.6 Å². The smallest absolute Gasteiger partial charge is 0.193 e. The molecule has 0 aromatic heterocycles. The molecule has 0 aliphatic carbocycles. The molecular weight excluding hydrogens is 350 g/mol. The number of benzene rings is 1. The third-order valence-corrected chi connectivity index (χ3v) is 5.78. The van der Waals surface area contributed by atoms with E-state index in [0.29, 0.717) is 6.10 Å². The zero-order valence-corrected chi connectivity index (χ0v) is 17.6. The Labute approximate surface area is 170 Å². The molecule has 28 heavy (non-hydrogen) atoms. The van der Waals surface area contributed by atoms with Gasteiger partial charge in [-0.15, -0.1) is 0 Å². The van der Waals surface area contributed by atoms with Gasteiger partial charge in [0.1, 0.15) is 11.9 Å². The largest absolute Gasteiger partial charge is 0.490 e. The predicted octanol–water partition coefficient (Wildman–Crippen LogP) is 2.13. The number of likely N-dealkylation sites (N-methyl/N-ethyl adjacent to an activating group) is 1. The second-order valence-electron chi connectivity index (χ2n) is 7.94. The fraction of sp³-hybridized carbons (Fsp3) is 0.682. The molecule has 0 bridgehead atoms. The molecule has 0 atom stereocenters. The van der Waals surface area contributed by atoms with Gasteiger partial charge >= 0.3 is 0 Å². The minimum atomic E-state index is 0.306. The van der Waals surface area contributed by atoms with Crippen molar-refractivity contribution in [3.63, 3.8) is 0 Å². The number of para-hydroxylation sites is 1. The lowest BCUT2D eigenvalue weighted by Gasteiger charge is -2.34. The van der Waals surface area contributed by atoms with Crippen LogP contribution in [-0.4, -0.2) is 93.2 Å². The summed E-state index contributed by atoms with van der Waals surface area (Å²) in [5.74, 6) is 2.02. The fourth-order valence-corrected chi connectivity index (χ4v) is 3.94. The molecule has 1 N–H and O–H groups in total. The number of hydrogen-bond acceptors (Lipinski definition) is 4. The summed E-state index contributed by atoms with van der Waals surface area (Å²) in [7, 11) is 4.10. The number of guanidine groups is 1. The maximum Gasteiger partial charge on any atom is 0.193 e. The Bertz CT molecular complexity index is 578. The first-order valence-corrected chi connectivity index (χ1v) is 10.8. The van der Waals surface area contributed by atoms with E-state index >= 15 is 0 Å². The molecule has 6 heteroatoms. The molecule has 0 saturated carbocycles. The van der Waals surface area contributed by atoms with Gasteiger partial charge in [-0.2, -0.15) is 0 Å². The minimum Gasteiger partial charge on any atom is -0.490 e. The van der Waals surface area contributed by atoms with Crippen molar-refractivity contribution in [2.75, 3.05) is 66.5 Å². The lowest BCUT2D eigenvalue weighted by molar-refractivity contribution is 0.129. The number of hydrogen-bond donors (Lipinski definition) is 1. The lowest BCUT2D eigenvalue weighted by Crippen LogP contribution is -2.47. The molecule has 2 aliphatic rings. The van der Waals surface area contributed by atoms with Crippen molar-refractivity contribution in [3.05, 3.63) is 30.3 Å². The maximum atomic E-state index is 6.10. The molecule has 2 heterocycles. The Kier molecular flexibility index (Phi) is 8.42. The Hall–Kier alpha value is -1.79. The highest BCUT2D eigenvalue weighted by Gasteiger charge is 2.22. The average molecular weight is 388 g/mol. The minimum absolute atomic E-state index is 0.306. The molecule has 2 aliphatic heterocycles. The normalized spacial score (nSPS) is 20.4. The highest BCUT2D eigenvalue weighted by molar-refractivity contribution is 5.79. The van der Waals surface area contributed by atoms with Gasteiger partial charge in [-0.05, 0) is 38.6 Å². The van der Waals surface area contributed by atoms with E-state index in [0.717, 1.165) is 44.2 Å². The molecule has 0 radical (unpaired) electrons. The Morgan fingerprint density at radius 3 is 2.43 bits per heavy atom. The van der Waals surface area contributed by atoms with Crippen LogP contribution in [0.25, 0.3) is 0 Å². The molecular formula is C22H37N5O. The van der Waals surface area contributed by atoms with Crippen molar-refractivity contribution in [2.24, 2.45) is 4.99 Å². The van der Waals surface area contributed by atoms with E-state index in [1.807, 2.05) is 37.4 Å². The summed E-state index contributed by atoms with van der Waals surface area (Å²) in [4.78, 5) is 11.9. The van der Waals surface area contributed by atoms with Gasteiger partial charge in [-0.1, -0.05) is 18.2 Å². The van der Waals surface area contributed by atoms with Gasteiger partial charge in [-0.25, -0.2) is 0 Å². The van der Waals surface area contributed by atoms with Crippen LogP contribution in [0.5, 0.6) is 5.75 Å². The number of aliphatic imine (C=N–C) groups is 1. The van der Waals surface area contributed by atoms with E-state index in [4.69, 9.17) is 4.74 Å². The van der Waals surface area contributed by atoms with Gasteiger partial charge in [0, 0.05) is 65.7 Å². The summed E-state index contributed by atoms with van der Waals surface area (Å²) in [5.41, 5.74) is 0. The zero-order chi connectivity index (χ0) is 19.6. The Morgan fingerprint density at radius 2 is 1.75 bits per heavy atom. The van der Waals surface area contributed by atoms with Crippen molar-refractivity contribution in [3.8, 4) is 5.75 Å². The van der Waals surface area contributed by atoms with Crippen LogP contribution in [0.1, 0.15) is 25.7 Å². The van der Waals surface area contributed by atoms with Gasteiger partial charge in [0.2, 0.25) is 0 Å². The van der Waals surface area contributed by atoms with E-state index < -0.39 is 0 Å². The van der Waals surface area contributed by atoms with E-state index in [-0.39, 0.29) is 0 Å². The number of piperidine rings is 1. The number of rotatable bonds is 7. The van der Waals surface area contributed by atoms with Crippen LogP contribution in [0, 0.1) is 0 Å². The van der Waals surface area contributed by atoms with Crippen molar-refractivity contribution in [1.82, 2.24) is 20.0 Å². The molecule has 156 valence electrons. The van der Waals surface area contributed by atoms with Crippen LogP contribution in [0.2, 0.25) is 0 Å². The maximum absolute atomic E-state index is 6.10. The number of nitrogens with zero attached hydrogens (tertiary/aromatic N) is 4. The van der Waals surface area contributed by atoms with Gasteiger partial charge in [0.25, 0.3) is 0 Å². The Morgan fingerprint density at radius 1 is 1.04 bits per heavy atom. The topological polar surface area (TPSA) is 43.3 Å². The molecule has 1 aromatic rings. The van der Waals surface area contributed by atoms with Crippen LogP contribution < -0.4 is 10.1 Å². The van der Waals surface area contributed by atoms with Crippen LogP contribution >= 0.6 is 0 Å².